The number of benzene rings is 2. The maximum absolute atomic E-state index is 14.5. The minimum atomic E-state index is -0.549. The zero-order valence-corrected chi connectivity index (χ0v) is 21.7. The van der Waals surface area contributed by atoms with Crippen LogP contribution >= 0.6 is 23.2 Å². The number of rotatable bonds is 4. The molecule has 2 N–H and O–H groups in total. The molecule has 1 fully saturated rings. The molecule has 1 saturated heterocycles. The number of aromatic nitrogens is 2. The molecule has 5 rings (SSSR count). The molecule has 0 amide bonds. The van der Waals surface area contributed by atoms with Crippen molar-refractivity contribution in [1.82, 2.24) is 9.97 Å². The predicted octanol–water partition coefficient (Wildman–Crippen LogP) is 5.92. The highest BCUT2D eigenvalue weighted by Gasteiger charge is 2.47. The van der Waals surface area contributed by atoms with Crippen molar-refractivity contribution in [2.75, 3.05) is 24.6 Å². The SMILES string of the molecule is CCOC(=O)c1nc(-c2cccc(Cl)c2Cl)c(C)nc1N1CCC2(CC1)Cc1c(F)cccc1[C@H]2N. The maximum Gasteiger partial charge on any atom is 0.360 e. The molecule has 0 saturated carbocycles. The third kappa shape index (κ3) is 4.13. The average molecular weight is 529 g/mol. The highest BCUT2D eigenvalue weighted by atomic mass is 35.5. The summed E-state index contributed by atoms with van der Waals surface area (Å²) in [7, 11) is 0. The number of anilines is 1. The van der Waals surface area contributed by atoms with E-state index in [2.05, 4.69) is 0 Å². The van der Waals surface area contributed by atoms with Crippen LogP contribution in [0.5, 0.6) is 0 Å². The molecule has 0 bridgehead atoms. The van der Waals surface area contributed by atoms with Crippen molar-refractivity contribution in [3.8, 4) is 11.3 Å². The number of carbonyl (C=O) groups is 1. The van der Waals surface area contributed by atoms with Crippen LogP contribution in [0.3, 0.4) is 0 Å². The van der Waals surface area contributed by atoms with Gasteiger partial charge in [0.1, 0.15) is 5.82 Å². The lowest BCUT2D eigenvalue weighted by Crippen LogP contribution is -2.45. The minimum absolute atomic E-state index is 0.134. The summed E-state index contributed by atoms with van der Waals surface area (Å²) in [6.45, 7) is 5.01. The topological polar surface area (TPSA) is 81.3 Å². The number of nitrogens with two attached hydrogens (primary N) is 1. The minimum Gasteiger partial charge on any atom is -0.461 e. The van der Waals surface area contributed by atoms with Gasteiger partial charge in [0.2, 0.25) is 0 Å². The van der Waals surface area contributed by atoms with E-state index in [-0.39, 0.29) is 29.6 Å². The van der Waals surface area contributed by atoms with E-state index < -0.39 is 5.97 Å². The van der Waals surface area contributed by atoms with Crippen molar-refractivity contribution in [1.29, 1.82) is 0 Å². The first kappa shape index (κ1) is 24.9. The summed E-state index contributed by atoms with van der Waals surface area (Å²) in [5.41, 5.74) is 9.88. The monoisotopic (exact) mass is 528 g/mol. The molecule has 1 aliphatic heterocycles. The van der Waals surface area contributed by atoms with Gasteiger partial charge in [0.25, 0.3) is 0 Å². The number of halogens is 3. The number of piperidine rings is 1. The predicted molar refractivity (Wildman–Crippen MR) is 139 cm³/mol. The molecule has 2 aliphatic rings. The molecule has 36 heavy (non-hydrogen) atoms. The van der Waals surface area contributed by atoms with E-state index in [9.17, 15) is 9.18 Å². The smallest absolute Gasteiger partial charge is 0.360 e. The summed E-state index contributed by atoms with van der Waals surface area (Å²) >= 11 is 12.7. The Kier molecular flexibility index (Phi) is 6.66. The Bertz CT molecular complexity index is 1340. The van der Waals surface area contributed by atoms with Crippen molar-refractivity contribution in [2.24, 2.45) is 11.1 Å². The van der Waals surface area contributed by atoms with E-state index >= 15 is 0 Å². The first-order valence-electron chi connectivity index (χ1n) is 12.0. The number of fused-ring (bicyclic) bond motifs is 1. The summed E-state index contributed by atoms with van der Waals surface area (Å²) in [6, 6.07) is 10.2. The normalized spacial score (nSPS) is 18.4. The molecule has 0 unspecified atom stereocenters. The largest absolute Gasteiger partial charge is 0.461 e. The Balaban J connectivity index is 1.48. The zero-order valence-electron chi connectivity index (χ0n) is 20.2. The van der Waals surface area contributed by atoms with Gasteiger partial charge in [-0.3, -0.25) is 0 Å². The second-order valence-electron chi connectivity index (χ2n) is 9.46. The number of hydrogen-bond donors (Lipinski definition) is 1. The van der Waals surface area contributed by atoms with Gasteiger partial charge in [-0.25, -0.2) is 19.2 Å². The van der Waals surface area contributed by atoms with Gasteiger partial charge in [0, 0.05) is 24.7 Å². The Morgan fingerprint density at radius 3 is 2.61 bits per heavy atom. The second kappa shape index (κ2) is 9.61. The summed E-state index contributed by atoms with van der Waals surface area (Å²) < 4.78 is 19.8. The first-order chi connectivity index (χ1) is 17.3. The number of ether oxygens (including phenoxy) is 1. The van der Waals surface area contributed by atoms with Crippen LogP contribution in [0, 0.1) is 18.2 Å². The van der Waals surface area contributed by atoms with Crippen molar-refractivity contribution >= 4 is 35.0 Å². The third-order valence-corrected chi connectivity index (χ3v) is 8.28. The van der Waals surface area contributed by atoms with Gasteiger partial charge in [-0.15, -0.1) is 0 Å². The van der Waals surface area contributed by atoms with Gasteiger partial charge < -0.3 is 15.4 Å². The van der Waals surface area contributed by atoms with Gasteiger partial charge in [-0.2, -0.15) is 0 Å². The molecule has 1 aromatic heterocycles. The van der Waals surface area contributed by atoms with Crippen LogP contribution in [-0.4, -0.2) is 35.6 Å². The highest BCUT2D eigenvalue weighted by Crippen LogP contribution is 2.51. The molecule has 188 valence electrons. The lowest BCUT2D eigenvalue weighted by atomic mass is 9.73. The van der Waals surface area contributed by atoms with E-state index in [0.29, 0.717) is 52.3 Å². The lowest BCUT2D eigenvalue weighted by Gasteiger charge is -2.42. The number of carbonyl (C=O) groups excluding carboxylic acids is 1. The number of esters is 1. The fraction of sp³-hybridized carbons (Fsp3) is 0.370. The fourth-order valence-electron chi connectivity index (χ4n) is 5.50. The summed E-state index contributed by atoms with van der Waals surface area (Å²) in [5.74, 6) is -0.270. The molecule has 2 heterocycles. The molecule has 1 aliphatic carbocycles. The van der Waals surface area contributed by atoms with Crippen LogP contribution in [0.25, 0.3) is 11.3 Å². The Labute approximate surface area is 219 Å². The van der Waals surface area contributed by atoms with E-state index in [4.69, 9.17) is 43.6 Å². The van der Waals surface area contributed by atoms with Crippen LogP contribution in [-0.2, 0) is 11.2 Å². The summed E-state index contributed by atoms with van der Waals surface area (Å²) in [6.07, 6.45) is 2.10. The number of hydrogen-bond acceptors (Lipinski definition) is 6. The van der Waals surface area contributed by atoms with Crippen molar-refractivity contribution < 1.29 is 13.9 Å². The Hall–Kier alpha value is -2.74. The standard InChI is InChI=1S/C27H27Cl2FN4O2/c1-3-36-26(35)23-25(32-15(2)22(33-23)17-7-4-8-19(28)21(17)29)34-12-10-27(11-13-34)14-18-16(24(27)31)6-5-9-20(18)30/h4-9,24H,3,10-14,31H2,1-2H3/t24-/m1/s1. The van der Waals surface area contributed by atoms with Gasteiger partial charge in [0.15, 0.2) is 11.5 Å². The van der Waals surface area contributed by atoms with E-state index in [0.717, 1.165) is 24.0 Å². The van der Waals surface area contributed by atoms with Gasteiger partial charge in [-0.05, 0) is 61.8 Å². The Morgan fingerprint density at radius 2 is 1.92 bits per heavy atom. The van der Waals surface area contributed by atoms with Crippen LogP contribution in [0.2, 0.25) is 10.0 Å². The molecule has 1 atom stereocenters. The zero-order chi connectivity index (χ0) is 25.6. The Morgan fingerprint density at radius 1 is 1.19 bits per heavy atom. The third-order valence-electron chi connectivity index (χ3n) is 7.46. The van der Waals surface area contributed by atoms with Crippen molar-refractivity contribution in [2.45, 2.75) is 39.2 Å². The quantitative estimate of drug-likeness (QED) is 0.423. The molecule has 2 aromatic carbocycles. The van der Waals surface area contributed by atoms with E-state index in [1.807, 2.05) is 17.9 Å². The van der Waals surface area contributed by atoms with Crippen molar-refractivity contribution in [3.05, 3.63) is 74.8 Å². The molecular formula is C27H27Cl2FN4O2. The maximum atomic E-state index is 14.5. The highest BCUT2D eigenvalue weighted by molar-refractivity contribution is 6.43. The van der Waals surface area contributed by atoms with Crippen LogP contribution in [0.1, 0.15) is 53.1 Å². The van der Waals surface area contributed by atoms with E-state index in [1.165, 1.54) is 6.07 Å². The number of aryl methyl sites for hydroxylation is 1. The lowest BCUT2D eigenvalue weighted by molar-refractivity contribution is 0.0519. The van der Waals surface area contributed by atoms with Gasteiger partial charge in [0.05, 0.1) is 28.0 Å². The molecule has 3 aromatic rings. The van der Waals surface area contributed by atoms with Crippen LogP contribution in [0.15, 0.2) is 36.4 Å². The molecule has 1 spiro atoms. The van der Waals surface area contributed by atoms with Crippen molar-refractivity contribution in [3.63, 3.8) is 0 Å². The van der Waals surface area contributed by atoms with Gasteiger partial charge in [-0.1, -0.05) is 47.5 Å². The molecule has 0 radical (unpaired) electrons. The van der Waals surface area contributed by atoms with Gasteiger partial charge >= 0.3 is 5.97 Å². The summed E-state index contributed by atoms with van der Waals surface area (Å²) in [4.78, 5) is 24.5. The van der Waals surface area contributed by atoms with E-state index in [1.54, 1.807) is 31.2 Å². The molecule has 9 heteroatoms. The number of nitrogens with zero attached hydrogens (tertiary/aromatic N) is 3. The second-order valence-corrected chi connectivity index (χ2v) is 10.2. The van der Waals surface area contributed by atoms with Crippen LogP contribution in [0.4, 0.5) is 10.2 Å². The molecule has 6 nitrogen and oxygen atoms in total. The summed E-state index contributed by atoms with van der Waals surface area (Å²) in [5, 5.41) is 0.741. The average Bonchev–Trinajstić information content (AvgIpc) is 3.14. The molecular weight excluding hydrogens is 502 g/mol. The fourth-order valence-corrected chi connectivity index (χ4v) is 5.89. The first-order valence-corrected chi connectivity index (χ1v) is 12.8. The van der Waals surface area contributed by atoms with Crippen LogP contribution < -0.4 is 10.6 Å².